The maximum atomic E-state index is 14.1. The molecule has 0 spiro atoms. The first kappa shape index (κ1) is 29.5. The van der Waals surface area contributed by atoms with Gasteiger partial charge in [-0.25, -0.2) is 4.99 Å². The highest BCUT2D eigenvalue weighted by atomic mass is 35.5. The van der Waals surface area contributed by atoms with E-state index in [0.29, 0.717) is 44.3 Å². The molecule has 2 heterocycles. The fraction of sp³-hybridized carbons (Fsp3) is 0.194. The quantitative estimate of drug-likeness (QED) is 0.183. The van der Waals surface area contributed by atoms with Gasteiger partial charge < -0.3 is 4.90 Å². The molecule has 1 aliphatic rings. The predicted molar refractivity (Wildman–Crippen MR) is 167 cm³/mol. The number of benzene rings is 3. The van der Waals surface area contributed by atoms with Crippen molar-refractivity contribution in [2.75, 3.05) is 13.1 Å². The largest absolute Gasteiger partial charge is 0.339 e. The summed E-state index contributed by atoms with van der Waals surface area (Å²) < 4.78 is 1.90. The summed E-state index contributed by atoms with van der Waals surface area (Å²) in [6.45, 7) is 6.63. The van der Waals surface area contributed by atoms with Gasteiger partial charge in [-0.3, -0.25) is 24.3 Å². The molecule has 42 heavy (non-hydrogen) atoms. The number of halogens is 1. The zero-order valence-electron chi connectivity index (χ0n) is 23.1. The molecular formula is C31H27ClN4O4S2. The first-order chi connectivity index (χ1) is 20.2. The van der Waals surface area contributed by atoms with Crippen molar-refractivity contribution in [1.29, 1.82) is 0 Å². The van der Waals surface area contributed by atoms with Crippen molar-refractivity contribution in [2.45, 2.75) is 36.6 Å². The Morgan fingerprint density at radius 2 is 1.81 bits per heavy atom. The number of hydrogen-bond acceptors (Lipinski definition) is 7. The van der Waals surface area contributed by atoms with Gasteiger partial charge in [-0.2, -0.15) is 0 Å². The first-order valence-corrected chi connectivity index (χ1v) is 15.3. The van der Waals surface area contributed by atoms with Gasteiger partial charge in [-0.15, -0.1) is 0 Å². The molecule has 0 unspecified atom stereocenters. The number of carbonyl (C=O) groups excluding carboxylic acids is 1. The molecule has 1 atom stereocenters. The summed E-state index contributed by atoms with van der Waals surface area (Å²) in [5, 5.41) is 12.2. The summed E-state index contributed by atoms with van der Waals surface area (Å²) in [5.41, 5.74) is 1.83. The minimum atomic E-state index is -0.711. The smallest absolute Gasteiger partial charge is 0.271 e. The lowest BCUT2D eigenvalue weighted by Crippen LogP contribution is -2.43. The van der Waals surface area contributed by atoms with E-state index in [1.807, 2.05) is 56.3 Å². The molecule has 0 saturated carbocycles. The van der Waals surface area contributed by atoms with Gasteiger partial charge in [0, 0.05) is 40.0 Å². The lowest BCUT2D eigenvalue weighted by atomic mass is 9.94. The molecule has 1 aromatic heterocycles. The minimum absolute atomic E-state index is 0.0755. The van der Waals surface area contributed by atoms with Crippen molar-refractivity contribution in [1.82, 2.24) is 9.47 Å². The number of likely N-dealkylation sites (N-methyl/N-ethyl adjacent to an activating group) is 1. The Morgan fingerprint density at radius 3 is 2.45 bits per heavy atom. The normalized spacial score (nSPS) is 14.9. The van der Waals surface area contributed by atoms with Crippen molar-refractivity contribution < 1.29 is 9.72 Å². The van der Waals surface area contributed by atoms with Crippen molar-refractivity contribution in [3.8, 4) is 0 Å². The van der Waals surface area contributed by atoms with Gasteiger partial charge in [0.25, 0.3) is 17.2 Å². The Morgan fingerprint density at radius 1 is 1.12 bits per heavy atom. The maximum Gasteiger partial charge on any atom is 0.271 e. The second-order valence-electron chi connectivity index (χ2n) is 9.51. The predicted octanol–water partition coefficient (Wildman–Crippen LogP) is 5.82. The van der Waals surface area contributed by atoms with Gasteiger partial charge in [0.1, 0.15) is 0 Å². The van der Waals surface area contributed by atoms with E-state index in [2.05, 4.69) is 0 Å². The van der Waals surface area contributed by atoms with Gasteiger partial charge >= 0.3 is 0 Å². The number of nitrogens with zero attached hydrogens (tertiary/aromatic N) is 4. The highest BCUT2D eigenvalue weighted by Gasteiger charge is 2.34. The zero-order chi connectivity index (χ0) is 30.0. The van der Waals surface area contributed by atoms with Crippen LogP contribution in [0.3, 0.4) is 0 Å². The van der Waals surface area contributed by atoms with Crippen LogP contribution in [0.5, 0.6) is 0 Å². The molecule has 3 aromatic carbocycles. The second-order valence-corrected chi connectivity index (χ2v) is 12.1. The molecule has 0 aliphatic carbocycles. The molecule has 8 nitrogen and oxygen atoms in total. The van der Waals surface area contributed by atoms with E-state index in [1.165, 1.54) is 35.2 Å². The number of fused-ring (bicyclic) bond motifs is 1. The van der Waals surface area contributed by atoms with Crippen LogP contribution in [0.4, 0.5) is 5.69 Å². The summed E-state index contributed by atoms with van der Waals surface area (Å²) in [6.07, 6.45) is 1.67. The highest BCUT2D eigenvalue weighted by Crippen LogP contribution is 2.34. The van der Waals surface area contributed by atoms with E-state index in [0.717, 1.165) is 15.4 Å². The lowest BCUT2D eigenvalue weighted by molar-refractivity contribution is -0.384. The van der Waals surface area contributed by atoms with E-state index in [-0.39, 0.29) is 17.2 Å². The van der Waals surface area contributed by atoms with E-state index >= 15 is 0 Å². The first-order valence-electron chi connectivity index (χ1n) is 13.3. The minimum Gasteiger partial charge on any atom is -0.339 e. The van der Waals surface area contributed by atoms with E-state index in [4.69, 9.17) is 16.6 Å². The highest BCUT2D eigenvalue weighted by molar-refractivity contribution is 7.99. The van der Waals surface area contributed by atoms with E-state index < -0.39 is 11.0 Å². The Labute approximate surface area is 255 Å². The molecule has 214 valence electrons. The molecule has 0 N–H and O–H groups in total. The zero-order valence-corrected chi connectivity index (χ0v) is 25.5. The number of nitro groups is 1. The average molecular weight is 619 g/mol. The number of allylic oxidation sites excluding steroid dienone is 1. The Kier molecular flexibility index (Phi) is 8.77. The van der Waals surface area contributed by atoms with Crippen molar-refractivity contribution in [2.24, 2.45) is 4.99 Å². The SMILES string of the molecule is CCN(CC)C(=O)C1=C(C)N=c2s/c(=C\c3cc([N+](=O)[O-])ccc3Sc3ccccc3)c(=O)n2[C@@H]1c1ccc(Cl)cc1. The molecular weight excluding hydrogens is 592 g/mol. The summed E-state index contributed by atoms with van der Waals surface area (Å²) in [6, 6.07) is 20.7. The number of nitro benzene ring substituents is 1. The van der Waals surface area contributed by atoms with Gasteiger partial charge in [0.15, 0.2) is 4.80 Å². The topological polar surface area (TPSA) is 97.8 Å². The summed E-state index contributed by atoms with van der Waals surface area (Å²) >= 11 is 8.82. The van der Waals surface area contributed by atoms with Crippen LogP contribution in [-0.2, 0) is 4.79 Å². The number of thiazole rings is 1. The molecule has 0 radical (unpaired) electrons. The lowest BCUT2D eigenvalue weighted by Gasteiger charge is -2.29. The maximum absolute atomic E-state index is 14.1. The number of hydrogen-bond donors (Lipinski definition) is 0. The van der Waals surface area contributed by atoms with Crippen LogP contribution in [0, 0.1) is 10.1 Å². The van der Waals surface area contributed by atoms with Gasteiger partial charge in [0.05, 0.1) is 26.8 Å². The fourth-order valence-electron chi connectivity index (χ4n) is 4.85. The van der Waals surface area contributed by atoms with Crippen LogP contribution >= 0.6 is 34.7 Å². The molecule has 1 aliphatic heterocycles. The van der Waals surface area contributed by atoms with Crippen LogP contribution < -0.4 is 14.9 Å². The van der Waals surface area contributed by atoms with Crippen LogP contribution in [-0.4, -0.2) is 33.4 Å². The number of amides is 1. The van der Waals surface area contributed by atoms with Gasteiger partial charge in [-0.1, -0.05) is 65.0 Å². The Bertz CT molecular complexity index is 1880. The number of rotatable bonds is 8. The standard InChI is InChI=1S/C31H27ClN4O4S2/c1-4-34(5-2)30(38)27-19(3)33-31-35(28(27)20-11-13-22(32)14-12-20)29(37)26(42-31)18-21-17-23(36(39)40)15-16-25(21)41-24-9-7-6-8-10-24/h6-18,28H,4-5H2,1-3H3/b26-18-/t28-/m1/s1. The molecule has 0 bridgehead atoms. The number of aromatic nitrogens is 1. The monoisotopic (exact) mass is 618 g/mol. The molecule has 1 amide bonds. The summed E-state index contributed by atoms with van der Waals surface area (Å²) in [7, 11) is 0. The van der Waals surface area contributed by atoms with Crippen LogP contribution in [0.2, 0.25) is 5.02 Å². The molecule has 5 rings (SSSR count). The summed E-state index contributed by atoms with van der Waals surface area (Å²) in [5.74, 6) is -0.185. The fourth-order valence-corrected chi connectivity index (χ4v) is 6.93. The van der Waals surface area contributed by atoms with E-state index in [9.17, 15) is 19.7 Å². The van der Waals surface area contributed by atoms with Crippen molar-refractivity contribution in [3.63, 3.8) is 0 Å². The third-order valence-corrected chi connectivity index (χ3v) is 9.28. The third-order valence-electron chi connectivity index (χ3n) is 6.95. The summed E-state index contributed by atoms with van der Waals surface area (Å²) in [4.78, 5) is 47.6. The third kappa shape index (κ3) is 5.83. The molecule has 4 aromatic rings. The molecule has 11 heteroatoms. The molecule has 0 fully saturated rings. The van der Waals surface area contributed by atoms with Crippen molar-refractivity contribution >= 4 is 52.4 Å². The average Bonchev–Trinajstić information content (AvgIpc) is 3.28. The van der Waals surface area contributed by atoms with Gasteiger partial charge in [0.2, 0.25) is 0 Å². The van der Waals surface area contributed by atoms with Crippen molar-refractivity contribution in [3.05, 3.63) is 130 Å². The number of carbonyl (C=O) groups is 1. The molecule has 0 saturated heterocycles. The van der Waals surface area contributed by atoms with Crippen LogP contribution in [0.25, 0.3) is 6.08 Å². The van der Waals surface area contributed by atoms with Crippen LogP contribution in [0.1, 0.15) is 37.9 Å². The van der Waals surface area contributed by atoms with Gasteiger partial charge in [-0.05, 0) is 68.3 Å². The number of non-ortho nitro benzene ring substituents is 1. The Balaban J connectivity index is 1.71. The Hall–Kier alpha value is -3.99. The van der Waals surface area contributed by atoms with Crippen LogP contribution in [0.15, 0.2) is 104 Å². The van der Waals surface area contributed by atoms with E-state index in [1.54, 1.807) is 40.7 Å². The second kappa shape index (κ2) is 12.5.